The van der Waals surface area contributed by atoms with E-state index >= 15 is 0 Å². The van der Waals surface area contributed by atoms with Crippen LogP contribution in [-0.4, -0.2) is 24.3 Å². The first kappa shape index (κ1) is 29.0. The lowest BCUT2D eigenvalue weighted by Crippen LogP contribution is -2.00. The third-order valence-corrected chi connectivity index (χ3v) is 11.2. The summed E-state index contributed by atoms with van der Waals surface area (Å²) < 4.78 is 4.79. The molecule has 0 aliphatic rings. The Kier molecular flexibility index (Phi) is 6.35. The van der Waals surface area contributed by atoms with Gasteiger partial charge in [0.1, 0.15) is 0 Å². The molecule has 242 valence electrons. The van der Waals surface area contributed by atoms with Gasteiger partial charge in [-0.2, -0.15) is 0 Å². The number of imidazole rings is 1. The largest absolute Gasteiger partial charge is 0.291 e. The van der Waals surface area contributed by atoms with Gasteiger partial charge in [0.2, 0.25) is 0 Å². The van der Waals surface area contributed by atoms with E-state index in [1.165, 1.54) is 36.3 Å². The molecule has 0 unspecified atom stereocenters. The summed E-state index contributed by atoms with van der Waals surface area (Å²) in [6.07, 6.45) is 0. The van der Waals surface area contributed by atoms with Crippen LogP contribution in [0.4, 0.5) is 0 Å². The van der Waals surface area contributed by atoms with Crippen molar-refractivity contribution >= 4 is 69.7 Å². The van der Waals surface area contributed by atoms with Crippen LogP contribution in [0.25, 0.3) is 104 Å². The van der Waals surface area contributed by atoms with E-state index in [1.54, 1.807) is 0 Å². The zero-order chi connectivity index (χ0) is 34.2. The minimum absolute atomic E-state index is 0.632. The molecule has 0 aliphatic carbocycles. The molecule has 0 amide bonds. The number of thiophene rings is 1. The Morgan fingerprint density at radius 2 is 0.981 bits per heavy atom. The van der Waals surface area contributed by atoms with Gasteiger partial charge in [-0.15, -0.1) is 11.3 Å². The highest BCUT2D eigenvalue weighted by Gasteiger charge is 2.19. The molecule has 0 aliphatic heterocycles. The first-order chi connectivity index (χ1) is 25.7. The summed E-state index contributed by atoms with van der Waals surface area (Å²) in [6.45, 7) is 0. The molecule has 52 heavy (non-hydrogen) atoms. The highest BCUT2D eigenvalue weighted by Crippen LogP contribution is 2.41. The fraction of sp³-hybridized carbons (Fsp3) is 0. The molecule has 0 saturated carbocycles. The highest BCUT2D eigenvalue weighted by molar-refractivity contribution is 7.26. The Balaban J connectivity index is 1.10. The van der Waals surface area contributed by atoms with Crippen LogP contribution < -0.4 is 0 Å². The third-order valence-electron chi connectivity index (χ3n) is 9.99. The van der Waals surface area contributed by atoms with Gasteiger partial charge in [-0.25, -0.2) is 19.9 Å². The lowest BCUT2D eigenvalue weighted by atomic mass is 10.0. The van der Waals surface area contributed by atoms with Gasteiger partial charge in [0, 0.05) is 32.2 Å². The van der Waals surface area contributed by atoms with E-state index in [1.807, 2.05) is 41.7 Å². The molecular weight excluding hydrogens is 655 g/mol. The van der Waals surface area contributed by atoms with E-state index in [-0.39, 0.29) is 0 Å². The van der Waals surface area contributed by atoms with E-state index in [2.05, 4.69) is 138 Å². The molecule has 6 heteroatoms. The Labute approximate surface area is 302 Å². The van der Waals surface area contributed by atoms with Crippen molar-refractivity contribution in [2.75, 3.05) is 0 Å². The van der Waals surface area contributed by atoms with E-state index in [0.717, 1.165) is 50.0 Å². The number of pyridine rings is 1. The number of benzene rings is 7. The number of hydrogen-bond acceptors (Lipinski definition) is 5. The monoisotopic (exact) mass is 681 g/mol. The predicted molar refractivity (Wildman–Crippen MR) is 216 cm³/mol. The molecule has 4 aromatic heterocycles. The molecule has 11 aromatic rings. The SMILES string of the molecule is c1ccc(-c2nc(-c3ccc(-c4cc5c6ccccc6sc5c5nc6cc7ccccc7cc6n45)cc3)nc(-c3ccc4ccccc4c3)n2)cc1. The highest BCUT2D eigenvalue weighted by atomic mass is 32.1. The number of nitrogens with zero attached hydrogens (tertiary/aromatic N) is 5. The van der Waals surface area contributed by atoms with Gasteiger partial charge in [-0.3, -0.25) is 4.40 Å². The number of hydrogen-bond donors (Lipinski definition) is 0. The van der Waals surface area contributed by atoms with Crippen molar-refractivity contribution in [3.05, 3.63) is 164 Å². The molecule has 0 N–H and O–H groups in total. The summed E-state index contributed by atoms with van der Waals surface area (Å²) in [5.41, 5.74) is 8.06. The third kappa shape index (κ3) is 4.62. The molecule has 0 spiro atoms. The van der Waals surface area contributed by atoms with Gasteiger partial charge in [0.15, 0.2) is 23.1 Å². The summed E-state index contributed by atoms with van der Waals surface area (Å²) >= 11 is 1.81. The predicted octanol–water partition coefficient (Wildman–Crippen LogP) is 12.0. The average Bonchev–Trinajstić information content (AvgIpc) is 3.78. The zero-order valence-electron chi connectivity index (χ0n) is 27.7. The van der Waals surface area contributed by atoms with Gasteiger partial charge in [0.25, 0.3) is 0 Å². The molecule has 5 nitrogen and oxygen atoms in total. The van der Waals surface area contributed by atoms with Gasteiger partial charge in [0.05, 0.1) is 21.4 Å². The maximum Gasteiger partial charge on any atom is 0.164 e. The van der Waals surface area contributed by atoms with Crippen molar-refractivity contribution in [1.29, 1.82) is 0 Å². The fourth-order valence-electron chi connectivity index (χ4n) is 7.42. The average molecular weight is 682 g/mol. The molecule has 0 atom stereocenters. The Morgan fingerprint density at radius 1 is 0.404 bits per heavy atom. The second-order valence-electron chi connectivity index (χ2n) is 13.1. The molecule has 0 bridgehead atoms. The van der Waals surface area contributed by atoms with Crippen molar-refractivity contribution in [3.8, 4) is 45.4 Å². The first-order valence-corrected chi connectivity index (χ1v) is 18.1. The summed E-state index contributed by atoms with van der Waals surface area (Å²) in [7, 11) is 0. The van der Waals surface area contributed by atoms with Crippen LogP contribution in [-0.2, 0) is 0 Å². The maximum atomic E-state index is 5.28. The molecule has 0 saturated heterocycles. The molecule has 0 radical (unpaired) electrons. The molecule has 11 rings (SSSR count). The normalized spacial score (nSPS) is 11.8. The standard InChI is InChI=1S/C46H27N5S/c1-2-11-30(12-3-1)43-48-44(50-45(49-43)35-23-18-28-10-4-5-13-32(28)24-35)31-21-19-29(20-22-31)39-27-37-36-16-8-9-17-41(36)52-42(37)46-47-38-25-33-14-6-7-15-34(33)26-40(38)51(39)46/h1-27H. The summed E-state index contributed by atoms with van der Waals surface area (Å²) in [4.78, 5) is 20.3. The van der Waals surface area contributed by atoms with E-state index in [4.69, 9.17) is 19.9 Å². The van der Waals surface area contributed by atoms with Crippen LogP contribution in [0.2, 0.25) is 0 Å². The van der Waals surface area contributed by atoms with Crippen LogP contribution in [0.3, 0.4) is 0 Å². The Morgan fingerprint density at radius 3 is 1.75 bits per heavy atom. The smallest absolute Gasteiger partial charge is 0.164 e. The van der Waals surface area contributed by atoms with Crippen molar-refractivity contribution in [3.63, 3.8) is 0 Å². The lowest BCUT2D eigenvalue weighted by molar-refractivity contribution is 1.07. The van der Waals surface area contributed by atoms with Gasteiger partial charge >= 0.3 is 0 Å². The van der Waals surface area contributed by atoms with E-state index in [0.29, 0.717) is 17.5 Å². The van der Waals surface area contributed by atoms with Gasteiger partial charge < -0.3 is 0 Å². The Bertz CT molecular complexity index is 3170. The maximum absolute atomic E-state index is 5.28. The van der Waals surface area contributed by atoms with Crippen LogP contribution in [0.15, 0.2) is 164 Å². The van der Waals surface area contributed by atoms with Crippen molar-refractivity contribution < 1.29 is 0 Å². The minimum Gasteiger partial charge on any atom is -0.291 e. The molecule has 4 heterocycles. The van der Waals surface area contributed by atoms with Crippen LogP contribution in [0.1, 0.15) is 0 Å². The van der Waals surface area contributed by atoms with Gasteiger partial charge in [-0.05, 0) is 57.4 Å². The summed E-state index contributed by atoms with van der Waals surface area (Å²) in [6, 6.07) is 57.4. The Hall–Kier alpha value is -6.76. The molecule has 0 fully saturated rings. The number of rotatable bonds is 4. The zero-order valence-corrected chi connectivity index (χ0v) is 28.5. The first-order valence-electron chi connectivity index (χ1n) is 17.3. The van der Waals surface area contributed by atoms with Gasteiger partial charge in [-0.1, -0.05) is 133 Å². The summed E-state index contributed by atoms with van der Waals surface area (Å²) in [5, 5.41) is 7.18. The van der Waals surface area contributed by atoms with Crippen LogP contribution in [0.5, 0.6) is 0 Å². The lowest BCUT2D eigenvalue weighted by Gasteiger charge is -2.11. The summed E-state index contributed by atoms with van der Waals surface area (Å²) in [5.74, 6) is 1.92. The molecule has 7 aromatic carbocycles. The molecular formula is C46H27N5S. The van der Waals surface area contributed by atoms with Crippen molar-refractivity contribution in [2.45, 2.75) is 0 Å². The quantitative estimate of drug-likeness (QED) is 0.185. The number of fused-ring (bicyclic) bond motifs is 9. The number of aromatic nitrogens is 5. The second kappa shape index (κ2) is 11.4. The van der Waals surface area contributed by atoms with Crippen LogP contribution in [0, 0.1) is 0 Å². The topological polar surface area (TPSA) is 56.0 Å². The van der Waals surface area contributed by atoms with E-state index < -0.39 is 0 Å². The second-order valence-corrected chi connectivity index (χ2v) is 14.2. The van der Waals surface area contributed by atoms with Crippen molar-refractivity contribution in [1.82, 2.24) is 24.3 Å². The van der Waals surface area contributed by atoms with Crippen LogP contribution >= 0.6 is 11.3 Å². The fourth-order valence-corrected chi connectivity index (χ4v) is 8.58. The van der Waals surface area contributed by atoms with Crippen molar-refractivity contribution in [2.24, 2.45) is 0 Å². The van der Waals surface area contributed by atoms with E-state index in [9.17, 15) is 0 Å². The minimum atomic E-state index is 0.632.